The van der Waals surface area contributed by atoms with E-state index in [1.54, 1.807) is 5.75 Å². The standard InChI is InChI=1S/C7H16S/c1-4-8(3)6-5-7(8)2/h7H,4-6H2,1-3H3. The fourth-order valence-corrected chi connectivity index (χ4v) is 3.55. The second-order valence-electron chi connectivity index (χ2n) is 2.94. The molecule has 0 aromatic carbocycles. The first-order valence-electron chi connectivity index (χ1n) is 3.41. The second kappa shape index (κ2) is 1.94. The summed E-state index contributed by atoms with van der Waals surface area (Å²) in [7, 11) is -0.0556. The van der Waals surface area contributed by atoms with Gasteiger partial charge in [-0.15, -0.1) is 0 Å². The Hall–Kier alpha value is 0.350. The molecule has 1 saturated heterocycles. The second-order valence-corrected chi connectivity index (χ2v) is 7.43. The van der Waals surface area contributed by atoms with Gasteiger partial charge in [0.1, 0.15) is 0 Å². The Bertz CT molecular complexity index is 86.4. The van der Waals surface area contributed by atoms with Gasteiger partial charge in [-0.2, -0.15) is 0 Å². The van der Waals surface area contributed by atoms with Crippen LogP contribution in [0.25, 0.3) is 0 Å². The minimum absolute atomic E-state index is 0.0556. The third kappa shape index (κ3) is 0.771. The Morgan fingerprint density at radius 2 is 2.25 bits per heavy atom. The zero-order chi connectivity index (χ0) is 6.20. The van der Waals surface area contributed by atoms with Gasteiger partial charge in [-0.25, -0.2) is 10.0 Å². The molecule has 2 unspecified atom stereocenters. The molecule has 50 valence electrons. The van der Waals surface area contributed by atoms with Gasteiger partial charge in [0.2, 0.25) is 0 Å². The van der Waals surface area contributed by atoms with Crippen molar-refractivity contribution in [3.05, 3.63) is 0 Å². The molecular formula is C7H16S. The average molecular weight is 132 g/mol. The lowest BCUT2D eigenvalue weighted by Crippen LogP contribution is -2.30. The van der Waals surface area contributed by atoms with Crippen molar-refractivity contribution in [2.45, 2.75) is 25.5 Å². The lowest BCUT2D eigenvalue weighted by molar-refractivity contribution is 0.828. The van der Waals surface area contributed by atoms with Crippen LogP contribution in [0.5, 0.6) is 0 Å². The molecule has 0 aromatic heterocycles. The van der Waals surface area contributed by atoms with Gasteiger partial charge < -0.3 is 0 Å². The zero-order valence-corrected chi connectivity index (χ0v) is 6.92. The minimum atomic E-state index is -0.0556. The monoisotopic (exact) mass is 132 g/mol. The molecule has 0 spiro atoms. The summed E-state index contributed by atoms with van der Waals surface area (Å²) >= 11 is 0. The molecule has 0 aromatic rings. The predicted octanol–water partition coefficient (Wildman–Crippen LogP) is 2.23. The molecule has 1 aliphatic heterocycles. The summed E-state index contributed by atoms with van der Waals surface area (Å²) in [6.07, 6.45) is 3.99. The minimum Gasteiger partial charge on any atom is -0.241 e. The van der Waals surface area contributed by atoms with Crippen LogP contribution < -0.4 is 0 Å². The Morgan fingerprint density at radius 3 is 2.25 bits per heavy atom. The quantitative estimate of drug-likeness (QED) is 0.513. The molecule has 0 bridgehead atoms. The summed E-state index contributed by atoms with van der Waals surface area (Å²) in [6.45, 7) is 4.74. The van der Waals surface area contributed by atoms with Crippen molar-refractivity contribution < 1.29 is 0 Å². The average Bonchev–Trinajstić information content (AvgIpc) is 1.83. The van der Waals surface area contributed by atoms with Gasteiger partial charge in [0.25, 0.3) is 0 Å². The van der Waals surface area contributed by atoms with Gasteiger partial charge >= 0.3 is 0 Å². The Balaban J connectivity index is 2.42. The van der Waals surface area contributed by atoms with Crippen molar-refractivity contribution in [1.29, 1.82) is 0 Å². The van der Waals surface area contributed by atoms with E-state index in [0.29, 0.717) is 0 Å². The maximum Gasteiger partial charge on any atom is -0.0135 e. The molecular weight excluding hydrogens is 116 g/mol. The molecule has 1 aliphatic rings. The van der Waals surface area contributed by atoms with Crippen molar-refractivity contribution in [2.24, 2.45) is 0 Å². The van der Waals surface area contributed by atoms with Crippen LogP contribution in [0.2, 0.25) is 0 Å². The van der Waals surface area contributed by atoms with Crippen LogP contribution in [0.4, 0.5) is 0 Å². The summed E-state index contributed by atoms with van der Waals surface area (Å²) in [5.41, 5.74) is 0. The van der Waals surface area contributed by atoms with E-state index in [4.69, 9.17) is 0 Å². The van der Waals surface area contributed by atoms with Crippen LogP contribution in [-0.4, -0.2) is 23.0 Å². The number of rotatable bonds is 1. The van der Waals surface area contributed by atoms with Gasteiger partial charge in [-0.05, 0) is 29.4 Å². The number of hydrogen-bond donors (Lipinski definition) is 0. The van der Waals surface area contributed by atoms with Gasteiger partial charge in [0, 0.05) is 0 Å². The van der Waals surface area contributed by atoms with Crippen LogP contribution >= 0.6 is 10.0 Å². The first-order valence-corrected chi connectivity index (χ1v) is 5.86. The molecule has 0 nitrogen and oxygen atoms in total. The van der Waals surface area contributed by atoms with E-state index in [2.05, 4.69) is 20.1 Å². The normalized spacial score (nSPS) is 54.1. The third-order valence-corrected chi connectivity index (χ3v) is 7.29. The maximum atomic E-state index is 2.49. The lowest BCUT2D eigenvalue weighted by atomic mass is 10.3. The summed E-state index contributed by atoms with van der Waals surface area (Å²) in [6, 6.07) is 0. The van der Waals surface area contributed by atoms with Crippen LogP contribution in [-0.2, 0) is 0 Å². The van der Waals surface area contributed by atoms with E-state index in [-0.39, 0.29) is 10.0 Å². The van der Waals surface area contributed by atoms with Crippen LogP contribution in [0.1, 0.15) is 20.3 Å². The Morgan fingerprint density at radius 1 is 1.62 bits per heavy atom. The van der Waals surface area contributed by atoms with E-state index in [1.807, 2.05) is 0 Å². The topological polar surface area (TPSA) is 0 Å². The maximum absolute atomic E-state index is 2.49. The highest BCUT2D eigenvalue weighted by molar-refractivity contribution is 8.34. The molecule has 1 heterocycles. The molecule has 2 atom stereocenters. The lowest BCUT2D eigenvalue weighted by Gasteiger charge is -2.50. The summed E-state index contributed by atoms with van der Waals surface area (Å²) < 4.78 is 0. The number of hydrogen-bond acceptors (Lipinski definition) is 0. The van der Waals surface area contributed by atoms with Gasteiger partial charge in [0.15, 0.2) is 0 Å². The van der Waals surface area contributed by atoms with E-state index in [9.17, 15) is 0 Å². The van der Waals surface area contributed by atoms with Crippen molar-refractivity contribution in [2.75, 3.05) is 17.8 Å². The first-order chi connectivity index (χ1) is 3.69. The first kappa shape index (κ1) is 6.47. The molecule has 0 radical (unpaired) electrons. The van der Waals surface area contributed by atoms with E-state index < -0.39 is 0 Å². The van der Waals surface area contributed by atoms with Crippen molar-refractivity contribution in [1.82, 2.24) is 0 Å². The zero-order valence-electron chi connectivity index (χ0n) is 6.11. The highest BCUT2D eigenvalue weighted by atomic mass is 32.3. The summed E-state index contributed by atoms with van der Waals surface area (Å²) in [5.74, 6) is 3.00. The highest BCUT2D eigenvalue weighted by Crippen LogP contribution is 2.58. The highest BCUT2D eigenvalue weighted by Gasteiger charge is 2.32. The van der Waals surface area contributed by atoms with Crippen molar-refractivity contribution >= 4 is 10.0 Å². The summed E-state index contributed by atoms with van der Waals surface area (Å²) in [5, 5.41) is 1.08. The van der Waals surface area contributed by atoms with Crippen LogP contribution in [0.15, 0.2) is 0 Å². The van der Waals surface area contributed by atoms with Crippen LogP contribution in [0, 0.1) is 0 Å². The van der Waals surface area contributed by atoms with Crippen LogP contribution in [0.3, 0.4) is 0 Å². The van der Waals surface area contributed by atoms with Gasteiger partial charge in [0.05, 0.1) is 0 Å². The fourth-order valence-electron chi connectivity index (χ4n) is 1.18. The van der Waals surface area contributed by atoms with Gasteiger partial charge in [-0.1, -0.05) is 13.8 Å². The van der Waals surface area contributed by atoms with Gasteiger partial charge in [-0.3, -0.25) is 0 Å². The third-order valence-electron chi connectivity index (χ3n) is 2.62. The van der Waals surface area contributed by atoms with Crippen molar-refractivity contribution in [3.63, 3.8) is 0 Å². The molecule has 1 rings (SSSR count). The Labute approximate surface area is 54.0 Å². The van der Waals surface area contributed by atoms with E-state index in [1.165, 1.54) is 12.2 Å². The SMILES string of the molecule is CCS1(C)CCC1C. The molecule has 0 amide bonds. The molecule has 0 saturated carbocycles. The van der Waals surface area contributed by atoms with E-state index in [0.717, 1.165) is 5.25 Å². The predicted molar refractivity (Wildman–Crippen MR) is 43.0 cm³/mol. The molecule has 8 heavy (non-hydrogen) atoms. The summed E-state index contributed by atoms with van der Waals surface area (Å²) in [4.78, 5) is 0. The fraction of sp³-hybridized carbons (Fsp3) is 1.00. The molecule has 0 aliphatic carbocycles. The molecule has 1 heteroatoms. The smallest absolute Gasteiger partial charge is 0.0135 e. The largest absolute Gasteiger partial charge is 0.241 e. The van der Waals surface area contributed by atoms with E-state index >= 15 is 0 Å². The van der Waals surface area contributed by atoms with Crippen molar-refractivity contribution in [3.8, 4) is 0 Å². The molecule has 1 fully saturated rings. The molecule has 0 N–H and O–H groups in total. The Kier molecular flexibility index (Phi) is 1.57.